The van der Waals surface area contributed by atoms with E-state index in [-0.39, 0.29) is 6.04 Å². The van der Waals surface area contributed by atoms with E-state index in [1.165, 1.54) is 5.56 Å². The smallest absolute Gasteiger partial charge is 0.249 e. The van der Waals surface area contributed by atoms with Gasteiger partial charge < -0.3 is 9.84 Å². The van der Waals surface area contributed by atoms with Crippen molar-refractivity contribution in [3.05, 3.63) is 59.6 Å². The third-order valence-corrected chi connectivity index (χ3v) is 3.73. The number of hydrogen-bond acceptors (Lipinski definition) is 5. The van der Waals surface area contributed by atoms with Crippen LogP contribution in [0.3, 0.4) is 0 Å². The van der Waals surface area contributed by atoms with Crippen LogP contribution >= 0.6 is 0 Å². The fraction of sp³-hybridized carbons (Fsp3) is 0.188. The Morgan fingerprint density at radius 2 is 2.10 bits per heavy atom. The summed E-state index contributed by atoms with van der Waals surface area (Å²) in [4.78, 5) is 8.83. The summed E-state index contributed by atoms with van der Waals surface area (Å²) in [6.45, 7) is 1.99. The summed E-state index contributed by atoms with van der Waals surface area (Å²) in [6.07, 6.45) is 2.60. The summed E-state index contributed by atoms with van der Waals surface area (Å²) >= 11 is 0. The lowest BCUT2D eigenvalue weighted by Gasteiger charge is -2.04. The molecule has 4 rings (SSSR count). The monoisotopic (exact) mass is 278 g/mol. The van der Waals surface area contributed by atoms with Crippen molar-refractivity contribution in [1.29, 1.82) is 0 Å². The Morgan fingerprint density at radius 3 is 2.95 bits per heavy atom. The molecule has 0 unspecified atom stereocenters. The molecule has 0 saturated heterocycles. The number of aromatic nitrogens is 3. The molecule has 0 spiro atoms. The summed E-state index contributed by atoms with van der Waals surface area (Å²) in [7, 11) is 0. The highest BCUT2D eigenvalue weighted by Gasteiger charge is 2.27. The Balaban J connectivity index is 1.63. The quantitative estimate of drug-likeness (QED) is 0.780. The van der Waals surface area contributed by atoms with Crippen LogP contribution in [-0.4, -0.2) is 15.1 Å². The van der Waals surface area contributed by atoms with Gasteiger partial charge in [0.15, 0.2) is 0 Å². The SMILES string of the molecule is Cc1cccnc1-c1noc([C@@H]2Cc3ccccc3N2)n1. The molecule has 1 aliphatic heterocycles. The first kappa shape index (κ1) is 12.1. The number of pyridine rings is 1. The summed E-state index contributed by atoms with van der Waals surface area (Å²) in [5, 5.41) is 7.48. The van der Waals surface area contributed by atoms with Crippen LogP contribution in [0.2, 0.25) is 0 Å². The van der Waals surface area contributed by atoms with Gasteiger partial charge in [-0.25, -0.2) is 0 Å². The third-order valence-electron chi connectivity index (χ3n) is 3.73. The lowest BCUT2D eigenvalue weighted by molar-refractivity contribution is 0.364. The molecule has 3 heterocycles. The molecule has 2 aromatic heterocycles. The topological polar surface area (TPSA) is 63.8 Å². The zero-order valence-electron chi connectivity index (χ0n) is 11.6. The molecule has 0 bridgehead atoms. The minimum absolute atomic E-state index is 0.0349. The van der Waals surface area contributed by atoms with Crippen LogP contribution in [0.1, 0.15) is 23.1 Å². The number of rotatable bonds is 2. The largest absolute Gasteiger partial charge is 0.373 e. The first-order valence-electron chi connectivity index (χ1n) is 6.91. The highest BCUT2D eigenvalue weighted by atomic mass is 16.5. The van der Waals surface area contributed by atoms with E-state index in [1.54, 1.807) is 6.20 Å². The van der Waals surface area contributed by atoms with Crippen molar-refractivity contribution in [1.82, 2.24) is 15.1 Å². The zero-order chi connectivity index (χ0) is 14.2. The van der Waals surface area contributed by atoms with Gasteiger partial charge in [-0.1, -0.05) is 29.4 Å². The Bertz CT molecular complexity index is 771. The molecule has 104 valence electrons. The van der Waals surface area contributed by atoms with E-state index in [0.717, 1.165) is 23.4 Å². The number of nitrogens with zero attached hydrogens (tertiary/aromatic N) is 3. The van der Waals surface area contributed by atoms with Crippen molar-refractivity contribution in [2.45, 2.75) is 19.4 Å². The van der Waals surface area contributed by atoms with E-state index in [0.29, 0.717) is 11.7 Å². The maximum absolute atomic E-state index is 5.43. The second-order valence-corrected chi connectivity index (χ2v) is 5.18. The molecule has 21 heavy (non-hydrogen) atoms. The average Bonchev–Trinajstić information content (AvgIpc) is 3.14. The summed E-state index contributed by atoms with van der Waals surface area (Å²) in [5.74, 6) is 1.15. The highest BCUT2D eigenvalue weighted by molar-refractivity contribution is 5.58. The van der Waals surface area contributed by atoms with E-state index >= 15 is 0 Å². The molecule has 3 aromatic rings. The minimum Gasteiger partial charge on any atom is -0.373 e. The molecule has 1 aliphatic rings. The Hall–Kier alpha value is -2.69. The second-order valence-electron chi connectivity index (χ2n) is 5.18. The van der Waals surface area contributed by atoms with Gasteiger partial charge in [0, 0.05) is 18.3 Å². The molecular formula is C16H14N4O. The van der Waals surface area contributed by atoms with Gasteiger partial charge in [-0.3, -0.25) is 4.98 Å². The molecule has 0 aliphatic carbocycles. The number of hydrogen-bond donors (Lipinski definition) is 1. The second kappa shape index (κ2) is 4.70. The lowest BCUT2D eigenvalue weighted by Crippen LogP contribution is -2.06. The van der Waals surface area contributed by atoms with E-state index < -0.39 is 0 Å². The maximum atomic E-state index is 5.43. The molecule has 5 heteroatoms. The lowest BCUT2D eigenvalue weighted by atomic mass is 10.1. The first-order valence-corrected chi connectivity index (χ1v) is 6.91. The number of benzene rings is 1. The molecule has 0 amide bonds. The molecular weight excluding hydrogens is 264 g/mol. The minimum atomic E-state index is 0.0349. The van der Waals surface area contributed by atoms with Gasteiger partial charge in [-0.05, 0) is 30.2 Å². The Morgan fingerprint density at radius 1 is 1.19 bits per heavy atom. The number of anilines is 1. The van der Waals surface area contributed by atoms with Crippen molar-refractivity contribution in [3.8, 4) is 11.5 Å². The fourth-order valence-corrected chi connectivity index (χ4v) is 2.64. The molecule has 0 fully saturated rings. The van der Waals surface area contributed by atoms with E-state index in [1.807, 2.05) is 31.2 Å². The number of para-hydroxylation sites is 1. The van der Waals surface area contributed by atoms with Gasteiger partial charge in [0.05, 0.1) is 0 Å². The highest BCUT2D eigenvalue weighted by Crippen LogP contribution is 2.33. The zero-order valence-corrected chi connectivity index (χ0v) is 11.6. The van der Waals surface area contributed by atoms with Crippen LogP contribution in [0.4, 0.5) is 5.69 Å². The van der Waals surface area contributed by atoms with Crippen molar-refractivity contribution in [3.63, 3.8) is 0 Å². The van der Waals surface area contributed by atoms with Gasteiger partial charge in [0.2, 0.25) is 11.7 Å². The van der Waals surface area contributed by atoms with E-state index in [4.69, 9.17) is 4.52 Å². The normalized spacial score (nSPS) is 16.5. The van der Waals surface area contributed by atoms with Gasteiger partial charge in [0.1, 0.15) is 11.7 Å². The van der Waals surface area contributed by atoms with Crippen LogP contribution in [0.25, 0.3) is 11.5 Å². The summed E-state index contributed by atoms with van der Waals surface area (Å²) < 4.78 is 5.43. The van der Waals surface area contributed by atoms with Crippen LogP contribution in [-0.2, 0) is 6.42 Å². The Labute approximate surface area is 122 Å². The van der Waals surface area contributed by atoms with Crippen molar-refractivity contribution in [2.75, 3.05) is 5.32 Å². The van der Waals surface area contributed by atoms with Gasteiger partial charge in [0.25, 0.3) is 0 Å². The van der Waals surface area contributed by atoms with E-state index in [2.05, 4.69) is 32.6 Å². The predicted molar refractivity (Wildman–Crippen MR) is 78.8 cm³/mol. The molecule has 0 radical (unpaired) electrons. The number of fused-ring (bicyclic) bond motifs is 1. The van der Waals surface area contributed by atoms with Gasteiger partial charge >= 0.3 is 0 Å². The maximum Gasteiger partial charge on any atom is 0.249 e. The van der Waals surface area contributed by atoms with Crippen molar-refractivity contribution >= 4 is 5.69 Å². The fourth-order valence-electron chi connectivity index (χ4n) is 2.64. The molecule has 1 atom stereocenters. The van der Waals surface area contributed by atoms with Gasteiger partial charge in [-0.15, -0.1) is 0 Å². The Kier molecular flexibility index (Phi) is 2.70. The molecule has 1 aromatic carbocycles. The first-order chi connectivity index (χ1) is 10.3. The number of nitrogens with one attached hydrogen (secondary N) is 1. The van der Waals surface area contributed by atoms with Crippen LogP contribution in [0, 0.1) is 6.92 Å². The third kappa shape index (κ3) is 2.07. The summed E-state index contributed by atoms with van der Waals surface area (Å²) in [6, 6.07) is 12.2. The van der Waals surface area contributed by atoms with Gasteiger partial charge in [-0.2, -0.15) is 4.98 Å². The number of aryl methyl sites for hydroxylation is 1. The van der Waals surface area contributed by atoms with E-state index in [9.17, 15) is 0 Å². The standard InChI is InChI=1S/C16H14N4O/c1-10-5-4-8-17-14(10)15-19-16(21-20-15)13-9-11-6-2-3-7-12(11)18-13/h2-8,13,18H,9H2,1H3/t13-/m0/s1. The van der Waals surface area contributed by atoms with Crippen LogP contribution in [0.5, 0.6) is 0 Å². The molecule has 1 N–H and O–H groups in total. The van der Waals surface area contributed by atoms with Crippen molar-refractivity contribution < 1.29 is 4.52 Å². The molecule has 5 nitrogen and oxygen atoms in total. The summed E-state index contributed by atoms with van der Waals surface area (Å²) in [5.41, 5.74) is 4.21. The van der Waals surface area contributed by atoms with Crippen LogP contribution < -0.4 is 5.32 Å². The molecule has 0 saturated carbocycles. The van der Waals surface area contributed by atoms with Crippen molar-refractivity contribution in [2.24, 2.45) is 0 Å². The average molecular weight is 278 g/mol. The van der Waals surface area contributed by atoms with Crippen LogP contribution in [0.15, 0.2) is 47.1 Å². The predicted octanol–water partition coefficient (Wildman–Crippen LogP) is 3.15.